The molecule has 6 nitrogen and oxygen atoms in total. The van der Waals surface area contributed by atoms with Crippen LogP contribution >= 0.6 is 0 Å². The van der Waals surface area contributed by atoms with E-state index in [0.717, 1.165) is 12.8 Å². The van der Waals surface area contributed by atoms with Crippen molar-refractivity contribution < 1.29 is 22.3 Å². The molecule has 0 aromatic rings. The Labute approximate surface area is 153 Å². The zero-order chi connectivity index (χ0) is 19.0. The van der Waals surface area contributed by atoms with Crippen LogP contribution in [0.15, 0.2) is 12.2 Å². The van der Waals surface area contributed by atoms with Crippen LogP contribution in [0.3, 0.4) is 0 Å². The van der Waals surface area contributed by atoms with Crippen LogP contribution in [0.1, 0.15) is 84.0 Å². The zero-order valence-corrected chi connectivity index (χ0v) is 16.4. The minimum Gasteiger partial charge on any atom is -0.387 e. The summed E-state index contributed by atoms with van der Waals surface area (Å²) in [5.41, 5.74) is 5.57. The van der Waals surface area contributed by atoms with E-state index in [2.05, 4.69) is 11.1 Å². The first kappa shape index (κ1) is 24.5. The van der Waals surface area contributed by atoms with Gasteiger partial charge in [-0.25, -0.2) is 4.18 Å². The summed E-state index contributed by atoms with van der Waals surface area (Å²) in [5.74, 6) is 0. The Morgan fingerprint density at radius 3 is 1.92 bits per heavy atom. The Hall–Kier alpha value is -0.470. The molecule has 0 aromatic carbocycles. The second-order valence-corrected chi connectivity index (χ2v) is 7.71. The molecular weight excluding hydrogens is 342 g/mol. The summed E-state index contributed by atoms with van der Waals surface area (Å²) in [6.07, 6.45) is 17.5. The fourth-order valence-corrected chi connectivity index (χ4v) is 2.90. The fraction of sp³-hybridized carbons (Fsp3) is 0.889. The molecular formula is C18H37NO5S. The molecule has 0 radical (unpaired) electrons. The highest BCUT2D eigenvalue weighted by Crippen LogP contribution is 2.12. The van der Waals surface area contributed by atoms with Crippen LogP contribution in [0.5, 0.6) is 0 Å². The highest BCUT2D eigenvalue weighted by Gasteiger charge is 2.15. The molecule has 0 aromatic heterocycles. The maximum absolute atomic E-state index is 10.4. The lowest BCUT2D eigenvalue weighted by Crippen LogP contribution is -2.38. The minimum absolute atomic E-state index is 0.456. The number of aliphatic hydroxyl groups is 1. The first-order valence-corrected chi connectivity index (χ1v) is 11.0. The number of aliphatic hydroxyl groups excluding tert-OH is 1. The molecule has 0 aliphatic rings. The summed E-state index contributed by atoms with van der Waals surface area (Å²) in [7, 11) is -4.52. The van der Waals surface area contributed by atoms with Gasteiger partial charge in [-0.15, -0.1) is 0 Å². The van der Waals surface area contributed by atoms with Gasteiger partial charge in [-0.1, -0.05) is 83.3 Å². The van der Waals surface area contributed by atoms with Crippen LogP contribution in [-0.2, 0) is 14.6 Å². The molecule has 7 heteroatoms. The summed E-state index contributed by atoms with van der Waals surface area (Å²) < 4.78 is 33.4. The van der Waals surface area contributed by atoms with E-state index in [0.29, 0.717) is 0 Å². The average Bonchev–Trinajstić information content (AvgIpc) is 2.56. The Kier molecular flexibility index (Phi) is 15.5. The van der Waals surface area contributed by atoms with E-state index in [-0.39, 0.29) is 0 Å². The number of rotatable bonds is 17. The van der Waals surface area contributed by atoms with Gasteiger partial charge in [0.05, 0.1) is 18.8 Å². The SMILES string of the molecule is CCCCCCCCCCCCC/C=C/[C@@H](O)[C@@H](N)COS(=O)(=O)O. The minimum atomic E-state index is -4.52. The van der Waals surface area contributed by atoms with E-state index in [1.165, 1.54) is 64.2 Å². The summed E-state index contributed by atoms with van der Waals surface area (Å²) in [5, 5.41) is 9.72. The quantitative estimate of drug-likeness (QED) is 0.202. The highest BCUT2D eigenvalue weighted by atomic mass is 32.3. The largest absolute Gasteiger partial charge is 0.397 e. The summed E-state index contributed by atoms with van der Waals surface area (Å²) in [6, 6.07) is -0.893. The van der Waals surface area contributed by atoms with Crippen molar-refractivity contribution in [2.45, 2.75) is 96.1 Å². The summed E-state index contributed by atoms with van der Waals surface area (Å²) in [4.78, 5) is 0. The predicted molar refractivity (Wildman–Crippen MR) is 102 cm³/mol. The molecule has 0 bridgehead atoms. The molecule has 25 heavy (non-hydrogen) atoms. The van der Waals surface area contributed by atoms with Crippen molar-refractivity contribution in [2.75, 3.05) is 6.61 Å². The van der Waals surface area contributed by atoms with Crippen LogP contribution in [0.25, 0.3) is 0 Å². The molecule has 0 unspecified atom stereocenters. The molecule has 0 amide bonds. The van der Waals surface area contributed by atoms with Crippen molar-refractivity contribution in [3.63, 3.8) is 0 Å². The van der Waals surface area contributed by atoms with Crippen LogP contribution in [-0.4, -0.2) is 36.8 Å². The lowest BCUT2D eigenvalue weighted by molar-refractivity contribution is 0.148. The van der Waals surface area contributed by atoms with Gasteiger partial charge < -0.3 is 10.8 Å². The van der Waals surface area contributed by atoms with Crippen molar-refractivity contribution in [2.24, 2.45) is 5.73 Å². The average molecular weight is 380 g/mol. The van der Waals surface area contributed by atoms with E-state index in [1.54, 1.807) is 6.08 Å². The Morgan fingerprint density at radius 2 is 1.44 bits per heavy atom. The molecule has 0 fully saturated rings. The van der Waals surface area contributed by atoms with Crippen molar-refractivity contribution in [1.82, 2.24) is 0 Å². The van der Waals surface area contributed by atoms with Gasteiger partial charge in [0.25, 0.3) is 0 Å². The normalized spacial score (nSPS) is 14.9. The van der Waals surface area contributed by atoms with Crippen molar-refractivity contribution in [1.29, 1.82) is 0 Å². The smallest absolute Gasteiger partial charge is 0.387 e. The van der Waals surface area contributed by atoms with Crippen LogP contribution in [0.2, 0.25) is 0 Å². The maximum Gasteiger partial charge on any atom is 0.397 e. The first-order chi connectivity index (χ1) is 11.9. The molecule has 0 saturated carbocycles. The van der Waals surface area contributed by atoms with Crippen molar-refractivity contribution in [3.8, 4) is 0 Å². The van der Waals surface area contributed by atoms with Gasteiger partial charge in [-0.05, 0) is 12.8 Å². The van der Waals surface area contributed by atoms with E-state index in [4.69, 9.17) is 10.3 Å². The maximum atomic E-state index is 10.4. The highest BCUT2D eigenvalue weighted by molar-refractivity contribution is 7.80. The Balaban J connectivity index is 3.47. The van der Waals surface area contributed by atoms with Crippen LogP contribution < -0.4 is 5.73 Å². The summed E-state index contributed by atoms with van der Waals surface area (Å²) >= 11 is 0. The van der Waals surface area contributed by atoms with Crippen LogP contribution in [0.4, 0.5) is 0 Å². The topological polar surface area (TPSA) is 110 Å². The first-order valence-electron chi connectivity index (χ1n) is 9.59. The van der Waals surface area contributed by atoms with Gasteiger partial charge >= 0.3 is 10.4 Å². The number of unbranched alkanes of at least 4 members (excludes halogenated alkanes) is 11. The third kappa shape index (κ3) is 18.1. The molecule has 0 rings (SSSR count). The molecule has 0 aliphatic carbocycles. The van der Waals surface area contributed by atoms with Crippen molar-refractivity contribution in [3.05, 3.63) is 12.2 Å². The number of hydrogen-bond acceptors (Lipinski definition) is 5. The number of hydrogen-bond donors (Lipinski definition) is 3. The van der Waals surface area contributed by atoms with E-state index in [1.807, 2.05) is 6.08 Å². The predicted octanol–water partition coefficient (Wildman–Crippen LogP) is 3.75. The fourth-order valence-electron chi connectivity index (χ4n) is 2.57. The number of allylic oxidation sites excluding steroid dienone is 1. The van der Waals surface area contributed by atoms with Crippen molar-refractivity contribution >= 4 is 10.4 Å². The third-order valence-electron chi connectivity index (χ3n) is 4.16. The molecule has 0 saturated heterocycles. The van der Waals surface area contributed by atoms with Gasteiger partial charge in [0.1, 0.15) is 0 Å². The number of nitrogens with two attached hydrogens (primary N) is 1. The van der Waals surface area contributed by atoms with E-state index < -0.39 is 29.2 Å². The van der Waals surface area contributed by atoms with Crippen LogP contribution in [0, 0.1) is 0 Å². The van der Waals surface area contributed by atoms with Gasteiger partial charge in [-0.3, -0.25) is 4.55 Å². The third-order valence-corrected chi connectivity index (χ3v) is 4.59. The Morgan fingerprint density at radius 1 is 0.960 bits per heavy atom. The molecule has 150 valence electrons. The second-order valence-electron chi connectivity index (χ2n) is 6.62. The second kappa shape index (κ2) is 15.8. The lowest BCUT2D eigenvalue weighted by Gasteiger charge is -2.14. The molecule has 0 heterocycles. The molecule has 4 N–H and O–H groups in total. The standard InChI is InChI=1S/C18H37NO5S/c1-2-3-4-5-6-7-8-9-10-11-12-13-14-15-18(20)17(19)16-24-25(21,22)23/h14-15,17-18,20H,2-13,16,19H2,1H3,(H,21,22,23)/b15-14+/t17-,18+/m0/s1. The molecule has 2 atom stereocenters. The van der Waals surface area contributed by atoms with Gasteiger partial charge in [0.2, 0.25) is 0 Å². The lowest BCUT2D eigenvalue weighted by atomic mass is 10.0. The Bertz CT molecular complexity index is 425. The zero-order valence-electron chi connectivity index (χ0n) is 15.6. The monoisotopic (exact) mass is 379 g/mol. The summed E-state index contributed by atoms with van der Waals surface area (Å²) in [6.45, 7) is 1.78. The van der Waals surface area contributed by atoms with Gasteiger partial charge in [-0.2, -0.15) is 8.42 Å². The van der Waals surface area contributed by atoms with Gasteiger partial charge in [0.15, 0.2) is 0 Å². The molecule has 0 aliphatic heterocycles. The molecule has 0 spiro atoms. The van der Waals surface area contributed by atoms with Gasteiger partial charge in [0, 0.05) is 0 Å². The van der Waals surface area contributed by atoms with E-state index in [9.17, 15) is 13.5 Å². The van der Waals surface area contributed by atoms with E-state index >= 15 is 0 Å².